The second-order valence-electron chi connectivity index (χ2n) is 2.70. The number of aromatic nitrogens is 1. The molecule has 0 spiro atoms. The number of hydrogen-bond donors (Lipinski definition) is 0. The Kier molecular flexibility index (Phi) is 1.74. The maximum absolute atomic E-state index is 2.20. The molecule has 0 radical (unpaired) electrons. The van der Waals surface area contributed by atoms with Gasteiger partial charge in [-0.05, 0) is 0 Å². The van der Waals surface area contributed by atoms with Crippen molar-refractivity contribution in [3.05, 3.63) is 17.7 Å². The molecule has 0 aliphatic carbocycles. The zero-order chi connectivity index (χ0) is 6.85. The average Bonchev–Trinajstić information content (AvgIpc) is 2.13. The third kappa shape index (κ3) is 1.23. The normalized spacial score (nSPS) is 10.2. The molecule has 1 heterocycles. The van der Waals surface area contributed by atoms with Crippen LogP contribution in [0.2, 0.25) is 0 Å². The molecule has 1 rings (SSSR count). The van der Waals surface area contributed by atoms with Gasteiger partial charge in [-0.3, -0.25) is 0 Å². The van der Waals surface area contributed by atoms with Crippen molar-refractivity contribution in [1.29, 1.82) is 0 Å². The number of aryl methyl sites for hydroxylation is 1. The molecule has 0 saturated heterocycles. The summed E-state index contributed by atoms with van der Waals surface area (Å²) in [7, 11) is 2.08. The molecular weight excluding hydrogens is 109 g/mol. The molecule has 1 nitrogen and oxygen atoms in total. The van der Waals surface area contributed by atoms with E-state index in [1.54, 1.807) is 0 Å². The van der Waals surface area contributed by atoms with Crippen molar-refractivity contribution in [2.45, 2.75) is 19.8 Å². The van der Waals surface area contributed by atoms with Crippen LogP contribution >= 0.6 is 0 Å². The van der Waals surface area contributed by atoms with E-state index < -0.39 is 0 Å². The van der Waals surface area contributed by atoms with Gasteiger partial charge >= 0.3 is 56.0 Å². The SMILES string of the molecule is CC(C)c1bccn1C. The predicted octanol–water partition coefficient (Wildman–Crippen LogP) is 1.49. The van der Waals surface area contributed by atoms with Crippen LogP contribution in [0.15, 0.2) is 12.2 Å². The van der Waals surface area contributed by atoms with E-state index in [9.17, 15) is 0 Å². The fourth-order valence-corrected chi connectivity index (χ4v) is 1.07. The zero-order valence-corrected chi connectivity index (χ0v) is 6.26. The molecule has 0 aromatic carbocycles. The summed E-state index contributed by atoms with van der Waals surface area (Å²) in [6.45, 7) is 6.56. The van der Waals surface area contributed by atoms with Crippen molar-refractivity contribution in [3.8, 4) is 0 Å². The van der Waals surface area contributed by atoms with Crippen molar-refractivity contribution in [2.75, 3.05) is 0 Å². The zero-order valence-electron chi connectivity index (χ0n) is 6.26. The van der Waals surface area contributed by atoms with Crippen LogP contribution in [0.5, 0.6) is 0 Å². The van der Waals surface area contributed by atoms with E-state index >= 15 is 0 Å². The summed E-state index contributed by atoms with van der Waals surface area (Å²) in [6, 6.07) is 0. The Morgan fingerprint density at radius 2 is 2.22 bits per heavy atom. The van der Waals surface area contributed by atoms with Crippen molar-refractivity contribution in [2.24, 2.45) is 7.05 Å². The van der Waals surface area contributed by atoms with E-state index in [1.807, 2.05) is 0 Å². The molecule has 2 heteroatoms. The summed E-state index contributed by atoms with van der Waals surface area (Å²) in [5.41, 5.74) is 1.40. The van der Waals surface area contributed by atoms with Crippen LogP contribution in [0.25, 0.3) is 0 Å². The molecule has 48 valence electrons. The van der Waals surface area contributed by atoms with Gasteiger partial charge in [0, 0.05) is 0 Å². The Morgan fingerprint density at radius 1 is 1.56 bits per heavy atom. The molecule has 0 saturated carbocycles. The second kappa shape index (κ2) is 2.38. The summed E-state index contributed by atoms with van der Waals surface area (Å²) in [4.78, 5) is 0. The molecule has 0 aliphatic rings. The predicted molar refractivity (Wildman–Crippen MR) is 40.8 cm³/mol. The molecule has 1 aromatic rings. The molecule has 0 fully saturated rings. The Labute approximate surface area is 56.9 Å². The molecule has 0 bridgehead atoms. The third-order valence-electron chi connectivity index (χ3n) is 1.58. The molecule has 0 atom stereocenters. The van der Waals surface area contributed by atoms with E-state index in [4.69, 9.17) is 0 Å². The quantitative estimate of drug-likeness (QED) is 0.530. The van der Waals surface area contributed by atoms with Crippen LogP contribution in [0.3, 0.4) is 0 Å². The van der Waals surface area contributed by atoms with Gasteiger partial charge in [0.1, 0.15) is 0 Å². The molecular formula is C7H12BN. The van der Waals surface area contributed by atoms with E-state index in [0.717, 1.165) is 0 Å². The van der Waals surface area contributed by atoms with Crippen LogP contribution in [-0.2, 0) is 7.05 Å². The number of nitrogens with zero attached hydrogens (tertiary/aromatic N) is 1. The van der Waals surface area contributed by atoms with Gasteiger partial charge in [-0.15, -0.1) is 0 Å². The molecule has 0 amide bonds. The van der Waals surface area contributed by atoms with E-state index in [-0.39, 0.29) is 0 Å². The topological polar surface area (TPSA) is 4.93 Å². The molecule has 0 unspecified atom stereocenters. The van der Waals surface area contributed by atoms with Crippen LogP contribution in [0.1, 0.15) is 25.4 Å². The van der Waals surface area contributed by atoms with Gasteiger partial charge in [0.15, 0.2) is 0 Å². The Hall–Kier alpha value is -0.525. The van der Waals surface area contributed by atoms with Gasteiger partial charge in [0.25, 0.3) is 0 Å². The standard InChI is InChI=1S/C7H12BN/c1-6(2)7-8-4-5-9(7)3/h4-6H,1-3H3. The van der Waals surface area contributed by atoms with Gasteiger partial charge in [-0.25, -0.2) is 0 Å². The third-order valence-corrected chi connectivity index (χ3v) is 1.58. The molecule has 0 aliphatic heterocycles. The number of rotatable bonds is 1. The van der Waals surface area contributed by atoms with Crippen molar-refractivity contribution in [1.82, 2.24) is 4.57 Å². The molecule has 1 aromatic heterocycles. The average molecular weight is 121 g/mol. The van der Waals surface area contributed by atoms with Crippen molar-refractivity contribution in [3.63, 3.8) is 0 Å². The van der Waals surface area contributed by atoms with Gasteiger partial charge in [0.05, 0.1) is 0 Å². The van der Waals surface area contributed by atoms with Gasteiger partial charge in [0.2, 0.25) is 0 Å². The summed E-state index contributed by atoms with van der Waals surface area (Å²) in [5.74, 6) is 2.72. The first-order valence-electron chi connectivity index (χ1n) is 3.33. The summed E-state index contributed by atoms with van der Waals surface area (Å²) in [6.07, 6.45) is 2.08. The first-order chi connectivity index (χ1) is 4.22. The van der Waals surface area contributed by atoms with E-state index in [1.165, 1.54) is 5.59 Å². The summed E-state index contributed by atoms with van der Waals surface area (Å²) < 4.78 is 2.16. The number of hydrogen-bond acceptors (Lipinski definition) is 0. The first-order valence-corrected chi connectivity index (χ1v) is 3.33. The van der Waals surface area contributed by atoms with E-state index in [0.29, 0.717) is 5.92 Å². The minimum atomic E-state index is 0.644. The van der Waals surface area contributed by atoms with Crippen LogP contribution in [0, 0.1) is 0 Å². The van der Waals surface area contributed by atoms with Crippen LogP contribution in [0.4, 0.5) is 0 Å². The molecule has 9 heavy (non-hydrogen) atoms. The fourth-order valence-electron chi connectivity index (χ4n) is 1.07. The van der Waals surface area contributed by atoms with Crippen molar-refractivity contribution < 1.29 is 0 Å². The van der Waals surface area contributed by atoms with Gasteiger partial charge in [-0.2, -0.15) is 0 Å². The minimum absolute atomic E-state index is 0.644. The maximum atomic E-state index is 2.20. The van der Waals surface area contributed by atoms with Crippen LogP contribution < -0.4 is 0 Å². The summed E-state index contributed by atoms with van der Waals surface area (Å²) in [5, 5.41) is 0. The Balaban J connectivity index is 2.94. The first kappa shape index (κ1) is 6.59. The summed E-state index contributed by atoms with van der Waals surface area (Å²) >= 11 is 0. The second-order valence-corrected chi connectivity index (χ2v) is 2.70. The Bertz CT molecular complexity index is 191. The fraction of sp³-hybridized carbons (Fsp3) is 0.571. The van der Waals surface area contributed by atoms with Crippen LogP contribution in [-0.4, -0.2) is 11.5 Å². The van der Waals surface area contributed by atoms with E-state index in [2.05, 4.69) is 44.5 Å². The van der Waals surface area contributed by atoms with Gasteiger partial charge < -0.3 is 0 Å². The monoisotopic (exact) mass is 121 g/mol. The molecule has 0 N–H and O–H groups in total. The van der Waals surface area contributed by atoms with Gasteiger partial charge in [-0.1, -0.05) is 0 Å². The van der Waals surface area contributed by atoms with Crippen molar-refractivity contribution >= 4 is 6.91 Å². The Morgan fingerprint density at radius 3 is 2.44 bits per heavy atom.